The van der Waals surface area contributed by atoms with Crippen LogP contribution in [0.5, 0.6) is 0 Å². The number of nitrogens with two attached hydrogens (primary N) is 1. The van der Waals surface area contributed by atoms with Gasteiger partial charge >= 0.3 is 0 Å². The van der Waals surface area contributed by atoms with Gasteiger partial charge < -0.3 is 10.8 Å². The van der Waals surface area contributed by atoms with Gasteiger partial charge in [0.1, 0.15) is 0 Å². The first-order valence-corrected chi connectivity index (χ1v) is 6.62. The van der Waals surface area contributed by atoms with Gasteiger partial charge in [0.15, 0.2) is 0 Å². The van der Waals surface area contributed by atoms with Gasteiger partial charge in [0.25, 0.3) is 0 Å². The predicted octanol–water partition coefficient (Wildman–Crippen LogP) is 2.01. The molecule has 0 aromatic heterocycles. The lowest BCUT2D eigenvalue weighted by Crippen LogP contribution is -2.48. The lowest BCUT2D eigenvalue weighted by atomic mass is 9.83. The van der Waals surface area contributed by atoms with E-state index in [9.17, 15) is 5.11 Å². The Morgan fingerprint density at radius 1 is 1.57 bits per heavy atom. The second-order valence-corrected chi connectivity index (χ2v) is 6.30. The molecular formula is C11H23NOS. The molecule has 0 heterocycles. The van der Waals surface area contributed by atoms with E-state index < -0.39 is 0 Å². The third-order valence-electron chi connectivity index (χ3n) is 2.82. The minimum Gasteiger partial charge on any atom is -0.394 e. The first kappa shape index (κ1) is 12.3. The van der Waals surface area contributed by atoms with Gasteiger partial charge in [-0.15, -0.1) is 0 Å². The molecule has 2 unspecified atom stereocenters. The molecule has 2 atom stereocenters. The Bertz CT molecular complexity index is 175. The van der Waals surface area contributed by atoms with Crippen LogP contribution in [0.25, 0.3) is 0 Å². The van der Waals surface area contributed by atoms with Crippen LogP contribution in [0.15, 0.2) is 0 Å². The summed E-state index contributed by atoms with van der Waals surface area (Å²) in [4.78, 5) is 0. The van der Waals surface area contributed by atoms with Crippen LogP contribution in [0.3, 0.4) is 0 Å². The summed E-state index contributed by atoms with van der Waals surface area (Å²) in [5, 5.41) is 9.88. The molecule has 84 valence electrons. The number of aliphatic hydroxyl groups is 1. The van der Waals surface area contributed by atoms with E-state index in [2.05, 4.69) is 13.8 Å². The van der Waals surface area contributed by atoms with E-state index in [1.165, 1.54) is 18.6 Å². The molecule has 0 saturated heterocycles. The van der Waals surface area contributed by atoms with E-state index in [-0.39, 0.29) is 12.1 Å². The highest BCUT2D eigenvalue weighted by atomic mass is 32.2. The molecule has 14 heavy (non-hydrogen) atoms. The summed E-state index contributed by atoms with van der Waals surface area (Å²) < 4.78 is 0. The first-order chi connectivity index (χ1) is 6.56. The third-order valence-corrected chi connectivity index (χ3v) is 4.55. The van der Waals surface area contributed by atoms with Crippen molar-refractivity contribution in [2.75, 3.05) is 12.4 Å². The second-order valence-electron chi connectivity index (χ2n) is 4.97. The molecule has 3 N–H and O–H groups in total. The molecule has 0 spiro atoms. The zero-order valence-corrected chi connectivity index (χ0v) is 10.1. The third kappa shape index (κ3) is 3.79. The van der Waals surface area contributed by atoms with Crippen molar-refractivity contribution in [2.24, 2.45) is 11.7 Å². The molecule has 0 aromatic rings. The number of hydrogen-bond acceptors (Lipinski definition) is 3. The Hall–Kier alpha value is 0.270. The molecule has 0 amide bonds. The molecule has 1 aliphatic carbocycles. The van der Waals surface area contributed by atoms with Crippen LogP contribution in [0.1, 0.15) is 39.5 Å². The largest absolute Gasteiger partial charge is 0.394 e. The van der Waals surface area contributed by atoms with Crippen LogP contribution in [-0.2, 0) is 0 Å². The maximum Gasteiger partial charge on any atom is 0.0611 e. The molecule has 1 rings (SSSR count). The topological polar surface area (TPSA) is 46.2 Å². The number of rotatable bonds is 4. The van der Waals surface area contributed by atoms with Crippen molar-refractivity contribution in [3.8, 4) is 0 Å². The summed E-state index contributed by atoms with van der Waals surface area (Å²) in [7, 11) is 0. The van der Waals surface area contributed by atoms with Gasteiger partial charge in [-0.2, -0.15) is 11.8 Å². The van der Waals surface area contributed by atoms with Crippen molar-refractivity contribution in [2.45, 2.75) is 50.3 Å². The summed E-state index contributed by atoms with van der Waals surface area (Å²) >= 11 is 2.03. The monoisotopic (exact) mass is 217 g/mol. The molecule has 3 heteroatoms. The Kier molecular flexibility index (Phi) is 4.74. The zero-order valence-electron chi connectivity index (χ0n) is 9.33. The summed E-state index contributed by atoms with van der Waals surface area (Å²) in [6, 6.07) is 0. The fourth-order valence-corrected chi connectivity index (χ4v) is 3.39. The average Bonchev–Trinajstić information content (AvgIpc) is 2.15. The van der Waals surface area contributed by atoms with Crippen molar-refractivity contribution >= 4 is 11.8 Å². The SMILES string of the molecule is CC(C)CSC1CCCC(N)(CO)C1. The van der Waals surface area contributed by atoms with Gasteiger partial charge in [0, 0.05) is 10.8 Å². The minimum atomic E-state index is -0.285. The van der Waals surface area contributed by atoms with E-state index in [0.29, 0.717) is 5.25 Å². The fourth-order valence-electron chi connectivity index (χ4n) is 1.95. The van der Waals surface area contributed by atoms with E-state index >= 15 is 0 Å². The Balaban J connectivity index is 2.33. The normalized spacial score (nSPS) is 33.6. The average molecular weight is 217 g/mol. The van der Waals surface area contributed by atoms with E-state index in [1.54, 1.807) is 0 Å². The Morgan fingerprint density at radius 2 is 2.29 bits per heavy atom. The van der Waals surface area contributed by atoms with Crippen LogP contribution >= 0.6 is 11.8 Å². The fraction of sp³-hybridized carbons (Fsp3) is 1.00. The summed E-state index contributed by atoms with van der Waals surface area (Å²) in [6.07, 6.45) is 4.42. The molecule has 1 saturated carbocycles. The van der Waals surface area contributed by atoms with Gasteiger partial charge in [-0.25, -0.2) is 0 Å². The van der Waals surface area contributed by atoms with Gasteiger partial charge in [-0.1, -0.05) is 20.3 Å². The summed E-state index contributed by atoms with van der Waals surface area (Å²) in [6.45, 7) is 4.64. The van der Waals surface area contributed by atoms with Crippen molar-refractivity contribution < 1.29 is 5.11 Å². The number of aliphatic hydroxyl groups excluding tert-OH is 1. The van der Waals surface area contributed by atoms with Crippen molar-refractivity contribution in [3.63, 3.8) is 0 Å². The van der Waals surface area contributed by atoms with E-state index in [1.807, 2.05) is 11.8 Å². The zero-order chi connectivity index (χ0) is 10.6. The molecule has 0 bridgehead atoms. The quantitative estimate of drug-likeness (QED) is 0.757. The highest BCUT2D eigenvalue weighted by Crippen LogP contribution is 2.34. The lowest BCUT2D eigenvalue weighted by Gasteiger charge is -2.36. The molecule has 0 aromatic carbocycles. The molecular weight excluding hydrogens is 194 g/mol. The highest BCUT2D eigenvalue weighted by molar-refractivity contribution is 7.99. The molecule has 1 aliphatic rings. The smallest absolute Gasteiger partial charge is 0.0611 e. The maximum atomic E-state index is 9.21. The van der Waals surface area contributed by atoms with Crippen LogP contribution in [0.2, 0.25) is 0 Å². The Morgan fingerprint density at radius 3 is 2.86 bits per heavy atom. The molecule has 2 nitrogen and oxygen atoms in total. The molecule has 1 fully saturated rings. The highest BCUT2D eigenvalue weighted by Gasteiger charge is 2.32. The van der Waals surface area contributed by atoms with Crippen molar-refractivity contribution in [3.05, 3.63) is 0 Å². The minimum absolute atomic E-state index is 0.145. The van der Waals surface area contributed by atoms with Crippen LogP contribution in [0, 0.1) is 5.92 Å². The lowest BCUT2D eigenvalue weighted by molar-refractivity contribution is 0.159. The standard InChI is InChI=1S/C11H23NOS/c1-9(2)7-14-10-4-3-5-11(12,6-10)8-13/h9-10,13H,3-8,12H2,1-2H3. The van der Waals surface area contributed by atoms with E-state index in [4.69, 9.17) is 5.73 Å². The van der Waals surface area contributed by atoms with Gasteiger partial charge in [0.2, 0.25) is 0 Å². The second kappa shape index (κ2) is 5.38. The van der Waals surface area contributed by atoms with Crippen molar-refractivity contribution in [1.29, 1.82) is 0 Å². The van der Waals surface area contributed by atoms with Gasteiger partial charge in [-0.05, 0) is 30.9 Å². The van der Waals surface area contributed by atoms with Crippen LogP contribution in [0.4, 0.5) is 0 Å². The predicted molar refractivity (Wildman–Crippen MR) is 63.6 cm³/mol. The van der Waals surface area contributed by atoms with Crippen LogP contribution in [-0.4, -0.2) is 28.3 Å². The number of hydrogen-bond donors (Lipinski definition) is 2. The molecule has 0 radical (unpaired) electrons. The Labute approximate surface area is 91.6 Å². The summed E-state index contributed by atoms with van der Waals surface area (Å²) in [5.41, 5.74) is 5.81. The van der Waals surface area contributed by atoms with Crippen molar-refractivity contribution in [1.82, 2.24) is 0 Å². The number of thioether (sulfide) groups is 1. The first-order valence-electron chi connectivity index (χ1n) is 5.57. The van der Waals surface area contributed by atoms with Gasteiger partial charge in [0.05, 0.1) is 6.61 Å². The maximum absolute atomic E-state index is 9.21. The van der Waals surface area contributed by atoms with E-state index in [0.717, 1.165) is 18.8 Å². The summed E-state index contributed by atoms with van der Waals surface area (Å²) in [5.74, 6) is 1.97. The van der Waals surface area contributed by atoms with Crippen LogP contribution < -0.4 is 5.73 Å². The van der Waals surface area contributed by atoms with Gasteiger partial charge in [-0.3, -0.25) is 0 Å². The molecule has 0 aliphatic heterocycles.